The number of hydrogen-bond acceptors (Lipinski definition) is 4. The van der Waals surface area contributed by atoms with Gasteiger partial charge < -0.3 is 10.3 Å². The van der Waals surface area contributed by atoms with Crippen molar-refractivity contribution >= 4 is 12.4 Å². The second-order valence-electron chi connectivity index (χ2n) is 5.34. The monoisotopic (exact) mass is 293 g/mol. The highest BCUT2D eigenvalue weighted by Crippen LogP contribution is 2.35. The number of halogens is 1. The van der Waals surface area contributed by atoms with E-state index in [9.17, 15) is 0 Å². The Bertz CT molecular complexity index is 559. The molecule has 1 fully saturated rings. The van der Waals surface area contributed by atoms with E-state index in [2.05, 4.69) is 29.2 Å². The predicted molar refractivity (Wildman–Crippen MR) is 80.7 cm³/mol. The quantitative estimate of drug-likeness (QED) is 0.941. The molecule has 0 saturated heterocycles. The van der Waals surface area contributed by atoms with Crippen LogP contribution < -0.4 is 5.73 Å². The molecule has 4 nitrogen and oxygen atoms in total. The Morgan fingerprint density at radius 1 is 1.20 bits per heavy atom. The number of nitrogens with two attached hydrogens (primary N) is 1. The van der Waals surface area contributed by atoms with Gasteiger partial charge in [0.15, 0.2) is 5.82 Å². The van der Waals surface area contributed by atoms with E-state index < -0.39 is 0 Å². The fraction of sp³-hybridized carbons (Fsp3) is 0.467. The average Bonchev–Trinajstić information content (AvgIpc) is 3.08. The SMILES string of the molecule is CCc1ccc(-c2nc(C3(N)CCCC3)no2)cc1.Cl. The van der Waals surface area contributed by atoms with Gasteiger partial charge in [0.05, 0.1) is 5.54 Å². The van der Waals surface area contributed by atoms with E-state index in [4.69, 9.17) is 10.3 Å². The Morgan fingerprint density at radius 2 is 1.85 bits per heavy atom. The zero-order chi connectivity index (χ0) is 13.3. The van der Waals surface area contributed by atoms with Crippen LogP contribution in [0.15, 0.2) is 28.8 Å². The first-order valence-electron chi connectivity index (χ1n) is 6.94. The maximum atomic E-state index is 6.33. The molecule has 1 saturated carbocycles. The third-order valence-corrected chi connectivity index (χ3v) is 3.98. The van der Waals surface area contributed by atoms with Gasteiger partial charge in [-0.05, 0) is 37.0 Å². The minimum absolute atomic E-state index is 0. The van der Waals surface area contributed by atoms with Crippen LogP contribution in [0.3, 0.4) is 0 Å². The lowest BCUT2D eigenvalue weighted by molar-refractivity contribution is 0.372. The maximum absolute atomic E-state index is 6.33. The van der Waals surface area contributed by atoms with Crippen LogP contribution in [0.1, 0.15) is 44.0 Å². The zero-order valence-electron chi connectivity index (χ0n) is 11.6. The fourth-order valence-corrected chi connectivity index (χ4v) is 2.66. The zero-order valence-corrected chi connectivity index (χ0v) is 12.4. The van der Waals surface area contributed by atoms with Crippen molar-refractivity contribution < 1.29 is 4.52 Å². The molecule has 0 bridgehead atoms. The Kier molecular flexibility index (Phi) is 4.45. The summed E-state index contributed by atoms with van der Waals surface area (Å²) in [7, 11) is 0. The van der Waals surface area contributed by atoms with Gasteiger partial charge in [-0.2, -0.15) is 4.98 Å². The van der Waals surface area contributed by atoms with Crippen LogP contribution in [0.5, 0.6) is 0 Å². The number of nitrogens with zero attached hydrogens (tertiary/aromatic N) is 2. The Hall–Kier alpha value is -1.39. The molecule has 2 aromatic rings. The standard InChI is InChI=1S/C15H19N3O.ClH/c1-2-11-5-7-12(8-6-11)13-17-14(18-19-13)15(16)9-3-4-10-15;/h5-8H,2-4,9-10,16H2,1H3;1H. The topological polar surface area (TPSA) is 64.9 Å². The van der Waals surface area contributed by atoms with Gasteiger partial charge in [-0.3, -0.25) is 0 Å². The molecular weight excluding hydrogens is 274 g/mol. The van der Waals surface area contributed by atoms with E-state index in [1.807, 2.05) is 12.1 Å². The van der Waals surface area contributed by atoms with Crippen LogP contribution in [0.4, 0.5) is 0 Å². The van der Waals surface area contributed by atoms with Gasteiger partial charge in [0.2, 0.25) is 0 Å². The van der Waals surface area contributed by atoms with E-state index in [1.54, 1.807) is 0 Å². The largest absolute Gasteiger partial charge is 0.334 e. The first kappa shape index (κ1) is 15.0. The lowest BCUT2D eigenvalue weighted by atomic mass is 9.98. The summed E-state index contributed by atoms with van der Waals surface area (Å²) in [5.41, 5.74) is 8.21. The van der Waals surface area contributed by atoms with Crippen molar-refractivity contribution in [1.82, 2.24) is 10.1 Å². The molecule has 2 N–H and O–H groups in total. The molecule has 1 aromatic heterocycles. The number of aryl methyl sites for hydroxylation is 1. The van der Waals surface area contributed by atoms with Crippen molar-refractivity contribution in [3.05, 3.63) is 35.7 Å². The first-order chi connectivity index (χ1) is 9.21. The predicted octanol–water partition coefficient (Wildman–Crippen LogP) is 3.45. The summed E-state index contributed by atoms with van der Waals surface area (Å²) >= 11 is 0. The average molecular weight is 294 g/mol. The van der Waals surface area contributed by atoms with Gasteiger partial charge >= 0.3 is 0 Å². The highest BCUT2D eigenvalue weighted by molar-refractivity contribution is 5.85. The Labute approximate surface area is 125 Å². The molecule has 3 rings (SSSR count). The van der Waals surface area contributed by atoms with E-state index >= 15 is 0 Å². The van der Waals surface area contributed by atoms with Crippen LogP contribution in [0.25, 0.3) is 11.5 Å². The molecule has 0 amide bonds. The second kappa shape index (κ2) is 5.94. The van der Waals surface area contributed by atoms with Crippen LogP contribution >= 0.6 is 12.4 Å². The van der Waals surface area contributed by atoms with E-state index in [-0.39, 0.29) is 17.9 Å². The first-order valence-corrected chi connectivity index (χ1v) is 6.94. The fourth-order valence-electron chi connectivity index (χ4n) is 2.66. The molecule has 1 aliphatic carbocycles. The smallest absolute Gasteiger partial charge is 0.257 e. The molecule has 1 heterocycles. The molecule has 1 aliphatic rings. The summed E-state index contributed by atoms with van der Waals surface area (Å²) in [5, 5.41) is 4.08. The van der Waals surface area contributed by atoms with Crippen LogP contribution in [0, 0.1) is 0 Å². The highest BCUT2D eigenvalue weighted by Gasteiger charge is 2.36. The molecule has 0 aliphatic heterocycles. The van der Waals surface area contributed by atoms with Gasteiger partial charge in [0.25, 0.3) is 5.89 Å². The minimum atomic E-state index is -0.384. The third-order valence-electron chi connectivity index (χ3n) is 3.98. The molecule has 0 unspecified atom stereocenters. The van der Waals surface area contributed by atoms with Gasteiger partial charge in [-0.1, -0.05) is 37.1 Å². The van der Waals surface area contributed by atoms with Crippen molar-refractivity contribution in [1.29, 1.82) is 0 Å². The summed E-state index contributed by atoms with van der Waals surface area (Å²) in [6, 6.07) is 8.22. The maximum Gasteiger partial charge on any atom is 0.257 e. The molecular formula is C15H20ClN3O. The summed E-state index contributed by atoms with van der Waals surface area (Å²) in [5.74, 6) is 1.22. The lowest BCUT2D eigenvalue weighted by Crippen LogP contribution is -2.34. The molecule has 1 aromatic carbocycles. The summed E-state index contributed by atoms with van der Waals surface area (Å²) in [6.07, 6.45) is 5.21. The molecule has 0 atom stereocenters. The van der Waals surface area contributed by atoms with E-state index in [0.717, 1.165) is 37.7 Å². The van der Waals surface area contributed by atoms with E-state index in [1.165, 1.54) is 5.56 Å². The Morgan fingerprint density at radius 3 is 2.45 bits per heavy atom. The van der Waals surface area contributed by atoms with Gasteiger partial charge in [0.1, 0.15) is 0 Å². The minimum Gasteiger partial charge on any atom is -0.334 e. The molecule has 20 heavy (non-hydrogen) atoms. The number of benzene rings is 1. The second-order valence-corrected chi connectivity index (χ2v) is 5.34. The lowest BCUT2D eigenvalue weighted by Gasteiger charge is -2.17. The van der Waals surface area contributed by atoms with E-state index in [0.29, 0.717) is 11.7 Å². The van der Waals surface area contributed by atoms with Crippen molar-refractivity contribution in [3.63, 3.8) is 0 Å². The van der Waals surface area contributed by atoms with Crippen LogP contribution in [-0.4, -0.2) is 10.1 Å². The van der Waals surface area contributed by atoms with Crippen molar-refractivity contribution in [2.24, 2.45) is 5.73 Å². The summed E-state index contributed by atoms with van der Waals surface area (Å²) in [4.78, 5) is 4.49. The molecule has 108 valence electrons. The van der Waals surface area contributed by atoms with Crippen LogP contribution in [-0.2, 0) is 12.0 Å². The molecule has 0 radical (unpaired) electrons. The molecule has 0 spiro atoms. The number of rotatable bonds is 3. The van der Waals surface area contributed by atoms with Crippen molar-refractivity contribution in [2.45, 2.75) is 44.6 Å². The van der Waals surface area contributed by atoms with Crippen molar-refractivity contribution in [2.75, 3.05) is 0 Å². The van der Waals surface area contributed by atoms with Gasteiger partial charge in [0, 0.05) is 5.56 Å². The number of hydrogen-bond donors (Lipinski definition) is 1. The summed E-state index contributed by atoms with van der Waals surface area (Å²) < 4.78 is 5.36. The molecule has 5 heteroatoms. The van der Waals surface area contributed by atoms with Gasteiger partial charge in [-0.25, -0.2) is 0 Å². The highest BCUT2D eigenvalue weighted by atomic mass is 35.5. The van der Waals surface area contributed by atoms with Gasteiger partial charge in [-0.15, -0.1) is 12.4 Å². The van der Waals surface area contributed by atoms with Crippen LogP contribution in [0.2, 0.25) is 0 Å². The summed E-state index contributed by atoms with van der Waals surface area (Å²) in [6.45, 7) is 2.14. The number of aromatic nitrogens is 2. The third kappa shape index (κ3) is 2.72. The normalized spacial score (nSPS) is 16.9. The van der Waals surface area contributed by atoms with Crippen molar-refractivity contribution in [3.8, 4) is 11.5 Å². The Balaban J connectivity index is 0.00000147.